The first-order valence-corrected chi connectivity index (χ1v) is 4.61. The predicted molar refractivity (Wildman–Crippen MR) is 45.1 cm³/mol. The Labute approximate surface area is 68.3 Å². The van der Waals surface area contributed by atoms with E-state index < -0.39 is 0 Å². The zero-order chi connectivity index (χ0) is 7.94. The molecule has 0 unspecified atom stereocenters. The second-order valence-corrected chi connectivity index (χ2v) is 3.28. The summed E-state index contributed by atoms with van der Waals surface area (Å²) in [4.78, 5) is 0. The van der Waals surface area contributed by atoms with E-state index in [0.717, 1.165) is 18.6 Å². The third-order valence-corrected chi connectivity index (χ3v) is 2.31. The van der Waals surface area contributed by atoms with E-state index in [4.69, 9.17) is 0 Å². The van der Waals surface area contributed by atoms with E-state index in [2.05, 4.69) is 5.16 Å². The second kappa shape index (κ2) is 5.16. The number of hydrogen-bond donors (Lipinski definition) is 0. The van der Waals surface area contributed by atoms with Crippen LogP contribution in [0.25, 0.3) is 0 Å². The molecule has 0 aromatic rings. The summed E-state index contributed by atoms with van der Waals surface area (Å²) >= 11 is 0. The van der Waals surface area contributed by atoms with Crippen LogP contribution >= 0.6 is 0 Å². The Kier molecular flexibility index (Phi) is 4.02. The molecule has 0 saturated heterocycles. The molecule has 1 rings (SSSR count). The van der Waals surface area contributed by atoms with Crippen LogP contribution in [0.5, 0.6) is 0 Å². The van der Waals surface area contributed by atoms with Crippen molar-refractivity contribution in [3.8, 4) is 0 Å². The molecule has 2 heteroatoms. The van der Waals surface area contributed by atoms with E-state index in [9.17, 15) is 5.21 Å². The van der Waals surface area contributed by atoms with Crippen molar-refractivity contribution in [2.75, 3.05) is 0 Å². The van der Waals surface area contributed by atoms with E-state index in [1.807, 2.05) is 0 Å². The average Bonchev–Trinajstić information content (AvgIpc) is 2.16. The number of hydrogen-bond acceptors (Lipinski definition) is 1. The van der Waals surface area contributed by atoms with Crippen molar-refractivity contribution < 1.29 is 5.21 Å². The maximum atomic E-state index is 10.3. The third-order valence-electron chi connectivity index (χ3n) is 2.31. The first kappa shape index (κ1) is 8.57. The lowest BCUT2D eigenvalue weighted by Crippen LogP contribution is -1.96. The van der Waals surface area contributed by atoms with Crippen molar-refractivity contribution in [2.45, 2.75) is 51.4 Å². The van der Waals surface area contributed by atoms with Gasteiger partial charge in [0.15, 0.2) is 0 Å². The Balaban J connectivity index is 2.31. The molecule has 0 spiro atoms. The van der Waals surface area contributed by atoms with Crippen molar-refractivity contribution in [3.63, 3.8) is 0 Å². The van der Waals surface area contributed by atoms with Crippen molar-refractivity contribution in [2.24, 2.45) is 5.16 Å². The Morgan fingerprint density at radius 1 is 0.818 bits per heavy atom. The summed E-state index contributed by atoms with van der Waals surface area (Å²) in [6.45, 7) is 0. The molecule has 1 radical (unpaired) electrons. The zero-order valence-corrected chi connectivity index (χ0v) is 7.01. The van der Waals surface area contributed by atoms with Gasteiger partial charge in [-0.25, -0.2) is 0 Å². The highest BCUT2D eigenvalue weighted by Gasteiger charge is 2.03. The molecular formula is C9H16NO. The summed E-state index contributed by atoms with van der Waals surface area (Å²) < 4.78 is 0. The molecule has 1 fully saturated rings. The fourth-order valence-electron chi connectivity index (χ4n) is 1.58. The van der Waals surface area contributed by atoms with Crippen LogP contribution in [-0.4, -0.2) is 5.71 Å². The molecule has 0 atom stereocenters. The Hall–Kier alpha value is -0.530. The number of nitrogens with zero attached hydrogens (tertiary/aromatic N) is 1. The van der Waals surface area contributed by atoms with Crippen LogP contribution in [0.2, 0.25) is 0 Å². The predicted octanol–water partition coefficient (Wildman–Crippen LogP) is 2.91. The SMILES string of the molecule is [O]N=C1CCCCCCCC1. The minimum atomic E-state index is 0.895. The van der Waals surface area contributed by atoms with E-state index >= 15 is 0 Å². The van der Waals surface area contributed by atoms with Crippen LogP contribution in [0.1, 0.15) is 51.4 Å². The van der Waals surface area contributed by atoms with Crippen LogP contribution in [0.4, 0.5) is 0 Å². The fourth-order valence-corrected chi connectivity index (χ4v) is 1.58. The van der Waals surface area contributed by atoms with Crippen molar-refractivity contribution >= 4 is 5.71 Å². The first-order chi connectivity index (χ1) is 5.43. The first-order valence-electron chi connectivity index (χ1n) is 4.61. The van der Waals surface area contributed by atoms with E-state index in [1.165, 1.54) is 38.5 Å². The highest BCUT2D eigenvalue weighted by atomic mass is 16.4. The van der Waals surface area contributed by atoms with Gasteiger partial charge in [-0.1, -0.05) is 25.7 Å². The van der Waals surface area contributed by atoms with Gasteiger partial charge in [0.05, 0.1) is 5.71 Å². The Morgan fingerprint density at radius 2 is 1.27 bits per heavy atom. The van der Waals surface area contributed by atoms with Gasteiger partial charge in [-0.05, 0) is 30.8 Å². The lowest BCUT2D eigenvalue weighted by atomic mass is 10.1. The third kappa shape index (κ3) is 3.40. The van der Waals surface area contributed by atoms with Gasteiger partial charge in [0.1, 0.15) is 0 Å². The van der Waals surface area contributed by atoms with Gasteiger partial charge in [-0.3, -0.25) is 0 Å². The molecule has 0 amide bonds. The lowest BCUT2D eigenvalue weighted by Gasteiger charge is -1.97. The largest absolute Gasteiger partial charge is 0.145 e. The summed E-state index contributed by atoms with van der Waals surface area (Å²) in [7, 11) is 0. The molecule has 11 heavy (non-hydrogen) atoms. The average molecular weight is 154 g/mol. The van der Waals surface area contributed by atoms with Crippen LogP contribution in [0.3, 0.4) is 0 Å². The zero-order valence-electron chi connectivity index (χ0n) is 7.01. The molecule has 1 aliphatic rings. The van der Waals surface area contributed by atoms with Gasteiger partial charge in [0.2, 0.25) is 0 Å². The van der Waals surface area contributed by atoms with E-state index in [0.29, 0.717) is 0 Å². The summed E-state index contributed by atoms with van der Waals surface area (Å²) in [6.07, 6.45) is 9.46. The number of rotatable bonds is 0. The van der Waals surface area contributed by atoms with Crippen LogP contribution < -0.4 is 0 Å². The molecule has 63 valence electrons. The summed E-state index contributed by atoms with van der Waals surface area (Å²) in [5, 5.41) is 13.3. The maximum absolute atomic E-state index is 10.3. The highest BCUT2D eigenvalue weighted by molar-refractivity contribution is 5.83. The molecule has 0 heterocycles. The molecular weight excluding hydrogens is 138 g/mol. The topological polar surface area (TPSA) is 32.3 Å². The van der Waals surface area contributed by atoms with Crippen LogP contribution in [0.15, 0.2) is 5.16 Å². The quantitative estimate of drug-likeness (QED) is 0.480. The summed E-state index contributed by atoms with van der Waals surface area (Å²) in [6, 6.07) is 0. The lowest BCUT2D eigenvalue weighted by molar-refractivity contribution is 0.207. The van der Waals surface area contributed by atoms with Crippen molar-refractivity contribution in [1.82, 2.24) is 0 Å². The molecule has 1 aliphatic carbocycles. The normalized spacial score (nSPS) is 21.6. The maximum Gasteiger partial charge on any atom is 0.0624 e. The second-order valence-electron chi connectivity index (χ2n) is 3.28. The minimum Gasteiger partial charge on any atom is -0.145 e. The summed E-state index contributed by atoms with van der Waals surface area (Å²) in [5.41, 5.74) is 0.895. The molecule has 0 N–H and O–H groups in total. The van der Waals surface area contributed by atoms with Gasteiger partial charge in [0.25, 0.3) is 0 Å². The monoisotopic (exact) mass is 154 g/mol. The molecule has 0 aromatic heterocycles. The minimum absolute atomic E-state index is 0.895. The molecule has 2 nitrogen and oxygen atoms in total. The smallest absolute Gasteiger partial charge is 0.0624 e. The van der Waals surface area contributed by atoms with Crippen LogP contribution in [0, 0.1) is 0 Å². The highest BCUT2D eigenvalue weighted by Crippen LogP contribution is 2.14. The molecule has 1 saturated carbocycles. The van der Waals surface area contributed by atoms with Crippen LogP contribution in [-0.2, 0) is 5.21 Å². The molecule has 0 aliphatic heterocycles. The van der Waals surface area contributed by atoms with Gasteiger partial charge >= 0.3 is 0 Å². The standard InChI is InChI=1S/C9H16NO/c11-10-9-7-5-3-1-2-4-6-8-9/h1-8H2. The van der Waals surface area contributed by atoms with Gasteiger partial charge in [-0.2, -0.15) is 0 Å². The molecule has 0 bridgehead atoms. The Morgan fingerprint density at radius 3 is 1.73 bits per heavy atom. The molecule has 0 aromatic carbocycles. The van der Waals surface area contributed by atoms with Crippen molar-refractivity contribution in [1.29, 1.82) is 0 Å². The van der Waals surface area contributed by atoms with E-state index in [-0.39, 0.29) is 0 Å². The summed E-state index contributed by atoms with van der Waals surface area (Å²) in [5.74, 6) is 0. The van der Waals surface area contributed by atoms with Gasteiger partial charge < -0.3 is 0 Å². The fraction of sp³-hybridized carbons (Fsp3) is 0.889. The van der Waals surface area contributed by atoms with Gasteiger partial charge in [0, 0.05) is 0 Å². The van der Waals surface area contributed by atoms with Crippen molar-refractivity contribution in [3.05, 3.63) is 0 Å². The van der Waals surface area contributed by atoms with E-state index in [1.54, 1.807) is 0 Å². The van der Waals surface area contributed by atoms with Gasteiger partial charge in [-0.15, -0.1) is 5.21 Å². The Bertz CT molecular complexity index is 120.